The number of hydrogen-bond acceptors (Lipinski definition) is 8. The second kappa shape index (κ2) is 11.2. The van der Waals surface area contributed by atoms with Crippen molar-refractivity contribution in [3.63, 3.8) is 0 Å². The molecular weight excluding hydrogens is 452 g/mol. The Morgan fingerprint density at radius 1 is 1.29 bits per heavy atom. The molecule has 3 aromatic rings. The van der Waals surface area contributed by atoms with Crippen LogP contribution in [0.3, 0.4) is 0 Å². The van der Waals surface area contributed by atoms with Crippen molar-refractivity contribution in [2.45, 2.75) is 39.6 Å². The SMILES string of the molecule is CC.COCc1c(C(O)C=O)cc2n(c1=O)Cc1c-2nc2ccc(OC)cc2c1CNC(=O)CN. The van der Waals surface area contributed by atoms with Crippen LogP contribution < -0.4 is 21.3 Å². The minimum Gasteiger partial charge on any atom is -0.497 e. The number of hydrogen-bond donors (Lipinski definition) is 3. The molecule has 1 atom stereocenters. The lowest BCUT2D eigenvalue weighted by Gasteiger charge is -2.14. The number of aromatic nitrogens is 2. The van der Waals surface area contributed by atoms with Gasteiger partial charge in [-0.25, -0.2) is 4.98 Å². The molecule has 1 aromatic carbocycles. The summed E-state index contributed by atoms with van der Waals surface area (Å²) in [6.07, 6.45) is -1.10. The Morgan fingerprint density at radius 3 is 2.66 bits per heavy atom. The van der Waals surface area contributed by atoms with E-state index in [9.17, 15) is 19.5 Å². The molecule has 0 aliphatic carbocycles. The van der Waals surface area contributed by atoms with E-state index in [4.69, 9.17) is 20.2 Å². The van der Waals surface area contributed by atoms with Crippen LogP contribution in [0.5, 0.6) is 5.75 Å². The van der Waals surface area contributed by atoms with E-state index >= 15 is 0 Å². The van der Waals surface area contributed by atoms with E-state index in [1.54, 1.807) is 25.3 Å². The smallest absolute Gasteiger partial charge is 0.257 e. The molecule has 1 amide bonds. The lowest BCUT2D eigenvalue weighted by molar-refractivity contribution is -0.119. The van der Waals surface area contributed by atoms with Crippen molar-refractivity contribution in [3.05, 3.63) is 56.9 Å². The number of benzene rings is 1. The Hall–Kier alpha value is -3.60. The fraction of sp³-hybridized carbons (Fsp3) is 0.360. The van der Waals surface area contributed by atoms with Crippen molar-refractivity contribution in [2.75, 3.05) is 20.8 Å². The van der Waals surface area contributed by atoms with E-state index in [-0.39, 0.29) is 48.8 Å². The zero-order valence-electron chi connectivity index (χ0n) is 20.3. The number of carbonyl (C=O) groups is 2. The first-order valence-corrected chi connectivity index (χ1v) is 11.3. The van der Waals surface area contributed by atoms with Crippen LogP contribution in [0.4, 0.5) is 0 Å². The normalized spacial score (nSPS) is 12.3. The largest absolute Gasteiger partial charge is 0.497 e. The molecule has 0 saturated heterocycles. The first kappa shape index (κ1) is 26.0. The fourth-order valence-electron chi connectivity index (χ4n) is 4.16. The minimum absolute atomic E-state index is 0.0539. The van der Waals surface area contributed by atoms with Crippen LogP contribution in [-0.2, 0) is 34.0 Å². The van der Waals surface area contributed by atoms with E-state index in [1.807, 2.05) is 19.9 Å². The highest BCUT2D eigenvalue weighted by Crippen LogP contribution is 2.37. The molecule has 2 aromatic heterocycles. The van der Waals surface area contributed by atoms with Gasteiger partial charge in [0.05, 0.1) is 43.7 Å². The topological polar surface area (TPSA) is 146 Å². The number of pyridine rings is 2. The summed E-state index contributed by atoms with van der Waals surface area (Å²) >= 11 is 0. The summed E-state index contributed by atoms with van der Waals surface area (Å²) in [5.74, 6) is 0.310. The number of aliphatic hydroxyl groups is 1. The predicted molar refractivity (Wildman–Crippen MR) is 131 cm³/mol. The van der Waals surface area contributed by atoms with Crippen molar-refractivity contribution in [1.29, 1.82) is 0 Å². The van der Waals surface area contributed by atoms with Gasteiger partial charge in [-0.1, -0.05) is 13.8 Å². The van der Waals surface area contributed by atoms with Crippen LogP contribution in [0.1, 0.15) is 42.2 Å². The van der Waals surface area contributed by atoms with Crippen molar-refractivity contribution >= 4 is 23.1 Å². The molecule has 4 N–H and O–H groups in total. The number of fused-ring (bicyclic) bond motifs is 4. The van der Waals surface area contributed by atoms with Gasteiger partial charge in [-0.3, -0.25) is 9.59 Å². The van der Waals surface area contributed by atoms with Crippen molar-refractivity contribution in [3.8, 4) is 17.1 Å². The van der Waals surface area contributed by atoms with Crippen molar-refractivity contribution in [2.24, 2.45) is 5.73 Å². The molecule has 1 aliphatic heterocycles. The van der Waals surface area contributed by atoms with E-state index in [1.165, 1.54) is 11.7 Å². The number of nitrogens with one attached hydrogen (secondary N) is 1. The molecule has 0 fully saturated rings. The molecular formula is C25H30N4O6. The first-order valence-electron chi connectivity index (χ1n) is 11.3. The summed E-state index contributed by atoms with van der Waals surface area (Å²) < 4.78 is 12.0. The highest BCUT2D eigenvalue weighted by molar-refractivity contribution is 5.89. The highest BCUT2D eigenvalue weighted by Gasteiger charge is 2.29. The van der Waals surface area contributed by atoms with Crippen LogP contribution in [0, 0.1) is 0 Å². The second-order valence-corrected chi connectivity index (χ2v) is 7.65. The van der Waals surface area contributed by atoms with Gasteiger partial charge in [-0.05, 0) is 29.8 Å². The third-order valence-corrected chi connectivity index (χ3v) is 5.79. The predicted octanol–water partition coefficient (Wildman–Crippen LogP) is 1.41. The average Bonchev–Trinajstić information content (AvgIpc) is 3.26. The van der Waals surface area contributed by atoms with Crippen LogP contribution in [-0.4, -0.2) is 47.6 Å². The van der Waals surface area contributed by atoms with Crippen LogP contribution in [0.25, 0.3) is 22.3 Å². The van der Waals surface area contributed by atoms with Gasteiger partial charge in [-0.15, -0.1) is 0 Å². The van der Waals surface area contributed by atoms with Crippen molar-refractivity contribution in [1.82, 2.24) is 14.9 Å². The molecule has 0 bridgehead atoms. The number of rotatable bonds is 8. The summed E-state index contributed by atoms with van der Waals surface area (Å²) in [5, 5.41) is 13.8. The Balaban J connectivity index is 0.00000167. The molecule has 1 aliphatic rings. The zero-order chi connectivity index (χ0) is 25.7. The number of aldehydes is 1. The summed E-state index contributed by atoms with van der Waals surface area (Å²) in [5.41, 5.74) is 8.67. The van der Waals surface area contributed by atoms with Crippen LogP contribution in [0.2, 0.25) is 0 Å². The molecule has 1 unspecified atom stereocenters. The van der Waals surface area contributed by atoms with Gasteiger partial charge in [0.1, 0.15) is 11.9 Å². The fourth-order valence-corrected chi connectivity index (χ4v) is 4.16. The Labute approximate surface area is 202 Å². The van der Waals surface area contributed by atoms with Crippen molar-refractivity contribution < 1.29 is 24.2 Å². The monoisotopic (exact) mass is 482 g/mol. The lowest BCUT2D eigenvalue weighted by Crippen LogP contribution is -2.30. The maximum Gasteiger partial charge on any atom is 0.257 e. The number of nitrogens with zero attached hydrogens (tertiary/aromatic N) is 2. The van der Waals surface area contributed by atoms with Gasteiger partial charge in [0.15, 0.2) is 6.29 Å². The highest BCUT2D eigenvalue weighted by atomic mass is 16.5. The molecule has 0 saturated carbocycles. The molecule has 3 heterocycles. The second-order valence-electron chi connectivity index (χ2n) is 7.65. The van der Waals surface area contributed by atoms with E-state index in [0.717, 1.165) is 16.5 Å². The Bertz CT molecular complexity index is 1320. The van der Waals surface area contributed by atoms with Gasteiger partial charge in [0.25, 0.3) is 5.56 Å². The Morgan fingerprint density at radius 2 is 2.03 bits per heavy atom. The van der Waals surface area contributed by atoms with Gasteiger partial charge < -0.3 is 35.0 Å². The standard InChI is InChI=1S/C23H24N4O6.C2H6/c1-32-11-17-14(20(29)10-28)6-19-22-16(9-27(19)23(17)31)15(8-25-21(30)7-24)13-5-12(33-2)3-4-18(13)26-22;1-2/h3-6,10,20,29H,7-9,11,24H2,1-2H3,(H,25,30);1-2H3. The average molecular weight is 483 g/mol. The van der Waals surface area contributed by atoms with Gasteiger partial charge in [0.2, 0.25) is 5.91 Å². The van der Waals surface area contributed by atoms with Gasteiger partial charge in [0, 0.05) is 35.7 Å². The molecule has 0 radical (unpaired) electrons. The molecule has 10 nitrogen and oxygen atoms in total. The van der Waals surface area contributed by atoms with Gasteiger partial charge >= 0.3 is 0 Å². The maximum atomic E-state index is 13.3. The molecule has 35 heavy (non-hydrogen) atoms. The van der Waals surface area contributed by atoms with Crippen LogP contribution in [0.15, 0.2) is 29.1 Å². The number of nitrogens with two attached hydrogens (primary N) is 1. The number of aliphatic hydroxyl groups excluding tert-OH is 1. The number of amides is 1. The van der Waals surface area contributed by atoms with Gasteiger partial charge in [-0.2, -0.15) is 0 Å². The van der Waals surface area contributed by atoms with Crippen LogP contribution >= 0.6 is 0 Å². The molecule has 4 rings (SSSR count). The molecule has 0 spiro atoms. The quantitative estimate of drug-likeness (QED) is 0.320. The zero-order valence-corrected chi connectivity index (χ0v) is 20.3. The summed E-state index contributed by atoms with van der Waals surface area (Å²) in [4.78, 5) is 41.3. The third-order valence-electron chi connectivity index (χ3n) is 5.79. The number of ether oxygens (including phenoxy) is 2. The van der Waals surface area contributed by atoms with E-state index in [2.05, 4.69) is 5.32 Å². The number of carbonyl (C=O) groups excluding carboxylic acids is 2. The lowest BCUT2D eigenvalue weighted by atomic mass is 9.99. The van der Waals surface area contributed by atoms with E-state index < -0.39 is 6.10 Å². The molecule has 186 valence electrons. The first-order chi connectivity index (χ1) is 16.9. The third kappa shape index (κ3) is 4.81. The minimum atomic E-state index is -1.47. The Kier molecular flexibility index (Phi) is 8.34. The van der Waals surface area contributed by atoms with E-state index in [0.29, 0.717) is 28.9 Å². The molecule has 10 heteroatoms. The number of methoxy groups -OCH3 is 2. The summed E-state index contributed by atoms with van der Waals surface area (Å²) in [7, 11) is 2.99. The summed E-state index contributed by atoms with van der Waals surface area (Å²) in [6.45, 7) is 4.19. The maximum absolute atomic E-state index is 13.3. The summed E-state index contributed by atoms with van der Waals surface area (Å²) in [6, 6.07) is 7.00.